The topological polar surface area (TPSA) is 72.9 Å². The number of carboxylic acid groups (broad SMARTS) is 1. The summed E-state index contributed by atoms with van der Waals surface area (Å²) in [7, 11) is 4.08. The van der Waals surface area contributed by atoms with Gasteiger partial charge in [-0.15, -0.1) is 0 Å². The average Bonchev–Trinajstić information content (AvgIpc) is 2.43. The molecule has 0 aromatic carbocycles. The second-order valence-electron chi connectivity index (χ2n) is 5.82. The number of carbonyl (C=O) groups excluding carboxylic acids is 1. The van der Waals surface area contributed by atoms with Crippen molar-refractivity contribution in [3.63, 3.8) is 0 Å². The van der Waals surface area contributed by atoms with Crippen LogP contribution in [0.3, 0.4) is 0 Å². The Bertz CT molecular complexity index is 334. The number of carboxylic acids is 1. The molecule has 1 heterocycles. The number of carbonyl (C=O) groups is 2. The summed E-state index contributed by atoms with van der Waals surface area (Å²) in [4.78, 5) is 26.7. The van der Waals surface area contributed by atoms with E-state index in [1.807, 2.05) is 19.0 Å². The monoisotopic (exact) mass is 285 g/mol. The molecule has 20 heavy (non-hydrogen) atoms. The maximum absolute atomic E-state index is 12.0. The van der Waals surface area contributed by atoms with Crippen LogP contribution in [0.5, 0.6) is 0 Å². The number of amides is 2. The predicted molar refractivity (Wildman–Crippen MR) is 77.7 cm³/mol. The number of hydrogen-bond acceptors (Lipinski definition) is 3. The zero-order valence-electron chi connectivity index (χ0n) is 12.8. The van der Waals surface area contributed by atoms with Gasteiger partial charge in [-0.2, -0.15) is 0 Å². The van der Waals surface area contributed by atoms with E-state index in [0.29, 0.717) is 25.4 Å². The van der Waals surface area contributed by atoms with Crippen LogP contribution in [-0.2, 0) is 4.79 Å². The van der Waals surface area contributed by atoms with E-state index in [1.54, 1.807) is 6.92 Å². The van der Waals surface area contributed by atoms with Gasteiger partial charge < -0.3 is 20.2 Å². The molecule has 6 nitrogen and oxygen atoms in total. The Kier molecular flexibility index (Phi) is 6.78. The number of rotatable bonds is 6. The highest BCUT2D eigenvalue weighted by Gasteiger charge is 2.24. The molecule has 0 saturated carbocycles. The fourth-order valence-corrected chi connectivity index (χ4v) is 2.40. The van der Waals surface area contributed by atoms with E-state index >= 15 is 0 Å². The van der Waals surface area contributed by atoms with Gasteiger partial charge in [0.2, 0.25) is 0 Å². The molecular weight excluding hydrogens is 258 g/mol. The number of piperidine rings is 1. The van der Waals surface area contributed by atoms with Crippen molar-refractivity contribution in [1.82, 2.24) is 15.1 Å². The maximum Gasteiger partial charge on any atom is 0.317 e. The van der Waals surface area contributed by atoms with Crippen molar-refractivity contribution in [2.75, 3.05) is 33.7 Å². The summed E-state index contributed by atoms with van der Waals surface area (Å²) < 4.78 is 0. The van der Waals surface area contributed by atoms with Crippen molar-refractivity contribution in [3.05, 3.63) is 0 Å². The first kappa shape index (κ1) is 16.8. The lowest BCUT2D eigenvalue weighted by Gasteiger charge is -2.36. The fourth-order valence-electron chi connectivity index (χ4n) is 2.40. The van der Waals surface area contributed by atoms with E-state index in [9.17, 15) is 9.59 Å². The smallest absolute Gasteiger partial charge is 0.317 e. The molecule has 0 bridgehead atoms. The predicted octanol–water partition coefficient (Wildman–Crippen LogP) is 1.22. The molecule has 0 aliphatic carbocycles. The number of aliphatic carboxylic acids is 1. The second kappa shape index (κ2) is 8.09. The first-order valence-corrected chi connectivity index (χ1v) is 7.33. The molecule has 0 radical (unpaired) electrons. The van der Waals surface area contributed by atoms with Crippen LogP contribution in [0.1, 0.15) is 32.6 Å². The van der Waals surface area contributed by atoms with Gasteiger partial charge in [0.1, 0.15) is 0 Å². The maximum atomic E-state index is 12.0. The van der Waals surface area contributed by atoms with E-state index in [0.717, 1.165) is 25.9 Å². The molecule has 2 unspecified atom stereocenters. The molecule has 1 fully saturated rings. The molecule has 116 valence electrons. The molecule has 2 amide bonds. The Morgan fingerprint density at radius 1 is 1.45 bits per heavy atom. The summed E-state index contributed by atoms with van der Waals surface area (Å²) >= 11 is 0. The van der Waals surface area contributed by atoms with Crippen LogP contribution in [0.25, 0.3) is 0 Å². The van der Waals surface area contributed by atoms with Gasteiger partial charge in [-0.05, 0) is 39.8 Å². The van der Waals surface area contributed by atoms with Crippen LogP contribution in [0.15, 0.2) is 0 Å². The SMILES string of the molecule is CC(CCCNC(=O)N1CCCC(N(C)C)C1)C(=O)O. The Hall–Kier alpha value is -1.30. The molecule has 6 heteroatoms. The van der Waals surface area contributed by atoms with Gasteiger partial charge in [0.05, 0.1) is 5.92 Å². The zero-order valence-corrected chi connectivity index (χ0v) is 12.8. The molecule has 0 spiro atoms. The molecular formula is C14H27N3O3. The number of hydrogen-bond donors (Lipinski definition) is 2. The Labute approximate surface area is 121 Å². The quantitative estimate of drug-likeness (QED) is 0.720. The highest BCUT2D eigenvalue weighted by Crippen LogP contribution is 2.13. The lowest BCUT2D eigenvalue weighted by molar-refractivity contribution is -0.141. The summed E-state index contributed by atoms with van der Waals surface area (Å²) in [5.41, 5.74) is 0. The first-order valence-electron chi connectivity index (χ1n) is 7.33. The van der Waals surface area contributed by atoms with Crippen LogP contribution < -0.4 is 5.32 Å². The van der Waals surface area contributed by atoms with Gasteiger partial charge in [0.25, 0.3) is 0 Å². The summed E-state index contributed by atoms with van der Waals surface area (Å²) in [6.45, 7) is 3.81. The second-order valence-corrected chi connectivity index (χ2v) is 5.82. The van der Waals surface area contributed by atoms with Crippen LogP contribution in [0.2, 0.25) is 0 Å². The molecule has 1 aliphatic rings. The van der Waals surface area contributed by atoms with Crippen molar-refractivity contribution in [2.45, 2.75) is 38.6 Å². The molecule has 1 aliphatic heterocycles. The van der Waals surface area contributed by atoms with Gasteiger partial charge in [0.15, 0.2) is 0 Å². The van der Waals surface area contributed by atoms with Crippen LogP contribution in [-0.4, -0.2) is 66.7 Å². The summed E-state index contributed by atoms with van der Waals surface area (Å²) in [6.07, 6.45) is 3.46. The van der Waals surface area contributed by atoms with Crippen molar-refractivity contribution in [2.24, 2.45) is 5.92 Å². The third-order valence-corrected chi connectivity index (χ3v) is 3.93. The molecule has 0 aromatic heterocycles. The van der Waals surface area contributed by atoms with Gasteiger partial charge in [-0.25, -0.2) is 4.79 Å². The normalized spacial score (nSPS) is 20.8. The van der Waals surface area contributed by atoms with Crippen molar-refractivity contribution in [3.8, 4) is 0 Å². The molecule has 0 aromatic rings. The zero-order chi connectivity index (χ0) is 15.1. The molecule has 2 atom stereocenters. The van der Waals surface area contributed by atoms with Gasteiger partial charge in [0, 0.05) is 25.7 Å². The Balaban J connectivity index is 2.23. The molecule has 1 rings (SSSR count). The highest BCUT2D eigenvalue weighted by molar-refractivity contribution is 5.74. The molecule has 2 N–H and O–H groups in total. The first-order chi connectivity index (χ1) is 9.41. The molecule has 1 saturated heterocycles. The lowest BCUT2D eigenvalue weighted by atomic mass is 10.1. The average molecular weight is 285 g/mol. The van der Waals surface area contributed by atoms with Crippen molar-refractivity contribution >= 4 is 12.0 Å². The van der Waals surface area contributed by atoms with Gasteiger partial charge in [-0.3, -0.25) is 4.79 Å². The van der Waals surface area contributed by atoms with Crippen LogP contribution >= 0.6 is 0 Å². The number of likely N-dealkylation sites (tertiary alicyclic amines) is 1. The highest BCUT2D eigenvalue weighted by atomic mass is 16.4. The van der Waals surface area contributed by atoms with E-state index in [1.165, 1.54) is 0 Å². The van der Waals surface area contributed by atoms with Crippen molar-refractivity contribution < 1.29 is 14.7 Å². The number of nitrogens with zero attached hydrogens (tertiary/aromatic N) is 2. The summed E-state index contributed by atoms with van der Waals surface area (Å²) in [6, 6.07) is 0.404. The van der Waals surface area contributed by atoms with Gasteiger partial charge >= 0.3 is 12.0 Å². The third kappa shape index (κ3) is 5.36. The minimum atomic E-state index is -0.777. The van der Waals surface area contributed by atoms with Crippen molar-refractivity contribution in [1.29, 1.82) is 0 Å². The third-order valence-electron chi connectivity index (χ3n) is 3.93. The minimum absolute atomic E-state index is 0.0282. The summed E-state index contributed by atoms with van der Waals surface area (Å²) in [5, 5.41) is 11.7. The largest absolute Gasteiger partial charge is 0.481 e. The Morgan fingerprint density at radius 3 is 2.75 bits per heavy atom. The van der Waals surface area contributed by atoms with E-state index < -0.39 is 5.97 Å². The lowest BCUT2D eigenvalue weighted by Crippen LogP contribution is -2.50. The Morgan fingerprint density at radius 2 is 2.15 bits per heavy atom. The van der Waals surface area contributed by atoms with Crippen LogP contribution in [0.4, 0.5) is 4.79 Å². The standard InChI is InChI=1S/C14H27N3O3/c1-11(13(18)19)6-4-8-15-14(20)17-9-5-7-12(10-17)16(2)3/h11-12H,4-10H2,1-3H3,(H,15,20)(H,18,19). The van der Waals surface area contributed by atoms with Crippen LogP contribution in [0, 0.1) is 5.92 Å². The minimum Gasteiger partial charge on any atom is -0.481 e. The van der Waals surface area contributed by atoms with Gasteiger partial charge in [-0.1, -0.05) is 6.92 Å². The number of likely N-dealkylation sites (N-methyl/N-ethyl adjacent to an activating group) is 1. The number of nitrogens with one attached hydrogen (secondary N) is 1. The van der Waals surface area contributed by atoms with E-state index in [-0.39, 0.29) is 11.9 Å². The number of urea groups is 1. The fraction of sp³-hybridized carbons (Fsp3) is 0.857. The van der Waals surface area contributed by atoms with E-state index in [2.05, 4.69) is 10.2 Å². The summed E-state index contributed by atoms with van der Waals surface area (Å²) in [5.74, 6) is -1.12. The van der Waals surface area contributed by atoms with E-state index in [4.69, 9.17) is 5.11 Å².